The number of aliphatic hydroxyl groups is 1. The Morgan fingerprint density at radius 2 is 1.75 bits per heavy atom. The maximum Gasteiger partial charge on any atom is 0.103 e. The predicted molar refractivity (Wildman–Crippen MR) is 114 cm³/mol. The third-order valence-electron chi connectivity index (χ3n) is 5.57. The summed E-state index contributed by atoms with van der Waals surface area (Å²) in [7, 11) is 0. The Labute approximate surface area is 166 Å². The predicted octanol–water partition coefficient (Wildman–Crippen LogP) is 4.72. The van der Waals surface area contributed by atoms with Crippen LogP contribution >= 0.6 is 0 Å². The molecule has 1 aliphatic rings. The fraction of sp³-hybridized carbons (Fsp3) is 0.280. The minimum Gasteiger partial charge on any atom is -0.389 e. The number of hydrogen-bond acceptors (Lipinski definition) is 3. The first-order valence-corrected chi connectivity index (χ1v) is 9.94. The van der Waals surface area contributed by atoms with Gasteiger partial charge in [0.1, 0.15) is 6.10 Å². The number of ether oxygens (including phenoxy) is 1. The van der Waals surface area contributed by atoms with Gasteiger partial charge in [0, 0.05) is 19.1 Å². The Bertz CT molecular complexity index is 932. The summed E-state index contributed by atoms with van der Waals surface area (Å²) in [6.45, 7) is 4.10. The van der Waals surface area contributed by atoms with Crippen molar-refractivity contribution in [3.05, 3.63) is 96.1 Å². The summed E-state index contributed by atoms with van der Waals surface area (Å²) >= 11 is 0. The highest BCUT2D eigenvalue weighted by molar-refractivity contribution is 5.86. The number of β-amino-alcohol motifs (C(OH)–C–C–N with tert-alkyl or cyclic N) is 1. The van der Waals surface area contributed by atoms with Gasteiger partial charge in [0.25, 0.3) is 0 Å². The van der Waals surface area contributed by atoms with E-state index in [1.165, 1.54) is 16.3 Å². The molecule has 4 rings (SSSR count). The van der Waals surface area contributed by atoms with Crippen molar-refractivity contribution in [3.63, 3.8) is 0 Å². The zero-order valence-corrected chi connectivity index (χ0v) is 16.2. The highest BCUT2D eigenvalue weighted by atomic mass is 16.5. The van der Waals surface area contributed by atoms with E-state index in [1.807, 2.05) is 36.4 Å². The average molecular weight is 373 g/mol. The van der Waals surface area contributed by atoms with Crippen LogP contribution in [0.15, 0.2) is 84.9 Å². The molecule has 3 aromatic rings. The number of benzene rings is 3. The van der Waals surface area contributed by atoms with Crippen LogP contribution in [0.3, 0.4) is 0 Å². The van der Waals surface area contributed by atoms with Gasteiger partial charge in [-0.2, -0.15) is 0 Å². The number of nitrogens with zero attached hydrogens (tertiary/aromatic N) is 1. The second-order valence-electron chi connectivity index (χ2n) is 7.45. The topological polar surface area (TPSA) is 32.7 Å². The number of fused-ring (bicyclic) bond motifs is 1. The van der Waals surface area contributed by atoms with Crippen LogP contribution in [0.2, 0.25) is 0 Å². The maximum atomic E-state index is 10.8. The highest BCUT2D eigenvalue weighted by Gasteiger charge is 2.26. The largest absolute Gasteiger partial charge is 0.389 e. The van der Waals surface area contributed by atoms with Crippen molar-refractivity contribution in [3.8, 4) is 0 Å². The molecule has 0 radical (unpaired) electrons. The van der Waals surface area contributed by atoms with Crippen LogP contribution < -0.4 is 0 Å². The summed E-state index contributed by atoms with van der Waals surface area (Å²) in [6.07, 6.45) is 3.28. The van der Waals surface area contributed by atoms with Crippen LogP contribution in [0.1, 0.15) is 24.1 Å². The normalized spacial score (nSPS) is 21.5. The molecule has 0 saturated heterocycles. The molecule has 0 aliphatic carbocycles. The zero-order chi connectivity index (χ0) is 19.3. The molecule has 0 amide bonds. The smallest absolute Gasteiger partial charge is 0.103 e. The summed E-state index contributed by atoms with van der Waals surface area (Å²) in [6, 6.07) is 25.2. The van der Waals surface area contributed by atoms with E-state index in [2.05, 4.69) is 60.4 Å². The lowest BCUT2D eigenvalue weighted by molar-refractivity contribution is -0.0311. The lowest BCUT2D eigenvalue weighted by atomic mass is 9.98. The first kappa shape index (κ1) is 18.9. The van der Waals surface area contributed by atoms with Gasteiger partial charge in [-0.3, -0.25) is 4.90 Å². The summed E-state index contributed by atoms with van der Waals surface area (Å²) in [5.41, 5.74) is 2.41. The monoisotopic (exact) mass is 373 g/mol. The summed E-state index contributed by atoms with van der Waals surface area (Å²) < 4.78 is 6.00. The van der Waals surface area contributed by atoms with Crippen LogP contribution in [0.4, 0.5) is 0 Å². The minimum atomic E-state index is -0.556. The first-order chi connectivity index (χ1) is 13.7. The van der Waals surface area contributed by atoms with E-state index in [0.717, 1.165) is 12.1 Å². The van der Waals surface area contributed by atoms with Gasteiger partial charge in [-0.15, -0.1) is 0 Å². The molecule has 0 unspecified atom stereocenters. The molecule has 0 fully saturated rings. The zero-order valence-electron chi connectivity index (χ0n) is 16.2. The summed E-state index contributed by atoms with van der Waals surface area (Å²) in [5.74, 6) is 0. The van der Waals surface area contributed by atoms with Crippen molar-refractivity contribution >= 4 is 10.8 Å². The van der Waals surface area contributed by atoms with Gasteiger partial charge in [0.05, 0.1) is 12.7 Å². The fourth-order valence-corrected chi connectivity index (χ4v) is 3.94. The van der Waals surface area contributed by atoms with Gasteiger partial charge in [0.2, 0.25) is 0 Å². The molecule has 1 aliphatic heterocycles. The highest BCUT2D eigenvalue weighted by Crippen LogP contribution is 2.29. The standard InChI is InChI=1S/C25H27NO2/c1-19(22-14-7-12-21-11-5-6-13-23(21)22)26-16-8-15-25(24(27)17-26)28-18-20-9-3-2-4-10-20/h2-15,19,24-25,27H,16-18H2,1H3/t19-,24+,25+/m1/s1. The van der Waals surface area contributed by atoms with Crippen LogP contribution in [0, 0.1) is 0 Å². The Hall–Kier alpha value is -2.46. The molecule has 144 valence electrons. The van der Waals surface area contributed by atoms with Gasteiger partial charge in [-0.05, 0) is 28.8 Å². The molecule has 0 bridgehead atoms. The van der Waals surface area contributed by atoms with E-state index in [-0.39, 0.29) is 12.1 Å². The molecular formula is C25H27NO2. The number of hydrogen-bond donors (Lipinski definition) is 1. The fourth-order valence-electron chi connectivity index (χ4n) is 3.94. The second kappa shape index (κ2) is 8.70. The molecule has 28 heavy (non-hydrogen) atoms. The first-order valence-electron chi connectivity index (χ1n) is 9.94. The molecule has 0 spiro atoms. The number of aliphatic hydroxyl groups excluding tert-OH is 1. The molecule has 0 saturated carbocycles. The van der Waals surface area contributed by atoms with E-state index in [0.29, 0.717) is 13.2 Å². The Kier molecular flexibility index (Phi) is 5.87. The molecule has 1 heterocycles. The molecule has 3 aromatic carbocycles. The van der Waals surface area contributed by atoms with E-state index in [1.54, 1.807) is 0 Å². The third kappa shape index (κ3) is 4.17. The average Bonchev–Trinajstić information content (AvgIpc) is 2.93. The molecular weight excluding hydrogens is 346 g/mol. The van der Waals surface area contributed by atoms with Gasteiger partial charge < -0.3 is 9.84 Å². The molecule has 3 atom stereocenters. The van der Waals surface area contributed by atoms with Crippen molar-refractivity contribution in [1.82, 2.24) is 4.90 Å². The minimum absolute atomic E-state index is 0.207. The van der Waals surface area contributed by atoms with Crippen molar-refractivity contribution < 1.29 is 9.84 Å². The van der Waals surface area contributed by atoms with Crippen LogP contribution in [0.25, 0.3) is 10.8 Å². The van der Waals surface area contributed by atoms with E-state index in [4.69, 9.17) is 4.74 Å². The quantitative estimate of drug-likeness (QED) is 0.657. The van der Waals surface area contributed by atoms with Crippen LogP contribution in [-0.2, 0) is 11.3 Å². The van der Waals surface area contributed by atoms with E-state index >= 15 is 0 Å². The van der Waals surface area contributed by atoms with Crippen LogP contribution in [-0.4, -0.2) is 35.3 Å². The number of rotatable bonds is 5. The van der Waals surface area contributed by atoms with Crippen LogP contribution in [0.5, 0.6) is 0 Å². The van der Waals surface area contributed by atoms with Gasteiger partial charge in [0.15, 0.2) is 0 Å². The molecule has 3 heteroatoms. The van der Waals surface area contributed by atoms with Crippen molar-refractivity contribution in [2.45, 2.75) is 31.8 Å². The van der Waals surface area contributed by atoms with Gasteiger partial charge >= 0.3 is 0 Å². The Morgan fingerprint density at radius 1 is 1.00 bits per heavy atom. The summed E-state index contributed by atoms with van der Waals surface area (Å²) in [5, 5.41) is 13.3. The molecule has 0 aromatic heterocycles. The van der Waals surface area contributed by atoms with Crippen molar-refractivity contribution in [2.24, 2.45) is 0 Å². The lowest BCUT2D eigenvalue weighted by Gasteiger charge is -2.31. The maximum absolute atomic E-state index is 10.8. The van der Waals surface area contributed by atoms with E-state index in [9.17, 15) is 5.11 Å². The molecule has 3 nitrogen and oxygen atoms in total. The Morgan fingerprint density at radius 3 is 2.61 bits per heavy atom. The van der Waals surface area contributed by atoms with Crippen molar-refractivity contribution in [1.29, 1.82) is 0 Å². The SMILES string of the molecule is C[C@H](c1cccc2ccccc12)N1CC=C[C@H](OCc2ccccc2)[C@@H](O)C1. The van der Waals surface area contributed by atoms with E-state index < -0.39 is 6.10 Å². The van der Waals surface area contributed by atoms with Gasteiger partial charge in [-0.1, -0.05) is 84.9 Å². The van der Waals surface area contributed by atoms with Crippen molar-refractivity contribution in [2.75, 3.05) is 13.1 Å². The molecule has 1 N–H and O–H groups in total. The van der Waals surface area contributed by atoms with Gasteiger partial charge in [-0.25, -0.2) is 0 Å². The Balaban J connectivity index is 1.46. The second-order valence-corrected chi connectivity index (χ2v) is 7.45. The summed E-state index contributed by atoms with van der Waals surface area (Å²) in [4.78, 5) is 2.31. The lowest BCUT2D eigenvalue weighted by Crippen LogP contribution is -2.38. The third-order valence-corrected chi connectivity index (χ3v) is 5.57.